The second-order valence-electron chi connectivity index (χ2n) is 4.88. The highest BCUT2D eigenvalue weighted by Crippen LogP contribution is 2.23. The van der Waals surface area contributed by atoms with E-state index in [1.807, 2.05) is 36.4 Å². The predicted octanol–water partition coefficient (Wildman–Crippen LogP) is 3.37. The van der Waals surface area contributed by atoms with Crippen molar-refractivity contribution in [1.29, 1.82) is 5.26 Å². The van der Waals surface area contributed by atoms with Gasteiger partial charge in [0, 0.05) is 11.8 Å². The molecule has 1 unspecified atom stereocenters. The Morgan fingerprint density at radius 3 is 2.60 bits per heavy atom. The van der Waals surface area contributed by atoms with E-state index in [4.69, 9.17) is 0 Å². The summed E-state index contributed by atoms with van der Waals surface area (Å²) in [5, 5.41) is 9.43. The van der Waals surface area contributed by atoms with E-state index < -0.39 is 0 Å². The molecule has 0 aliphatic heterocycles. The molecule has 0 spiro atoms. The predicted molar refractivity (Wildman–Crippen MR) is 79.6 cm³/mol. The van der Waals surface area contributed by atoms with Crippen LogP contribution in [0, 0.1) is 11.3 Å². The molecule has 1 aromatic heterocycles. The molecule has 102 valence electrons. The summed E-state index contributed by atoms with van der Waals surface area (Å²) in [5.74, 6) is -0.390. The van der Waals surface area contributed by atoms with Crippen LogP contribution in [0.2, 0.25) is 0 Å². The van der Waals surface area contributed by atoms with Crippen molar-refractivity contribution in [2.24, 2.45) is 0 Å². The van der Waals surface area contributed by atoms with Crippen LogP contribution in [0.25, 0.3) is 0 Å². The standard InChI is InChI=1S/C17H18N2O/c1-2-3-9-15-10-14(11-17(20)19-15)16(12-18)13-7-5-4-6-8-13/h4-8,10-11,16H,2-3,9H2,1H3,(H,19,20). The second kappa shape index (κ2) is 6.72. The Morgan fingerprint density at radius 2 is 1.95 bits per heavy atom. The zero-order valence-electron chi connectivity index (χ0n) is 11.6. The van der Waals surface area contributed by atoms with Crippen LogP contribution in [-0.2, 0) is 6.42 Å². The number of unbranched alkanes of at least 4 members (excludes halogenated alkanes) is 1. The molecule has 1 aromatic carbocycles. The molecule has 0 radical (unpaired) electrons. The van der Waals surface area contributed by atoms with Crippen molar-refractivity contribution < 1.29 is 0 Å². The highest BCUT2D eigenvalue weighted by molar-refractivity contribution is 5.38. The minimum absolute atomic E-state index is 0.134. The Morgan fingerprint density at radius 1 is 1.20 bits per heavy atom. The molecule has 1 heterocycles. The van der Waals surface area contributed by atoms with Gasteiger partial charge in [-0.3, -0.25) is 4.79 Å². The number of aryl methyl sites for hydroxylation is 1. The van der Waals surface area contributed by atoms with Crippen LogP contribution in [0.4, 0.5) is 0 Å². The Bertz CT molecular complexity index is 653. The van der Waals surface area contributed by atoms with Crippen LogP contribution in [0.15, 0.2) is 47.3 Å². The summed E-state index contributed by atoms with van der Waals surface area (Å²) >= 11 is 0. The second-order valence-corrected chi connectivity index (χ2v) is 4.88. The highest BCUT2D eigenvalue weighted by atomic mass is 16.1. The van der Waals surface area contributed by atoms with Crippen LogP contribution in [-0.4, -0.2) is 4.98 Å². The van der Waals surface area contributed by atoms with Crippen molar-refractivity contribution in [3.05, 3.63) is 69.6 Å². The number of nitrogens with one attached hydrogen (secondary N) is 1. The number of aromatic nitrogens is 1. The summed E-state index contributed by atoms with van der Waals surface area (Å²) in [6.07, 6.45) is 2.95. The quantitative estimate of drug-likeness (QED) is 0.902. The Kier molecular flexibility index (Phi) is 4.73. The van der Waals surface area contributed by atoms with E-state index in [1.165, 1.54) is 6.07 Å². The van der Waals surface area contributed by atoms with Gasteiger partial charge in [0.1, 0.15) is 0 Å². The maximum Gasteiger partial charge on any atom is 0.248 e. The summed E-state index contributed by atoms with van der Waals surface area (Å²) in [4.78, 5) is 14.6. The summed E-state index contributed by atoms with van der Waals surface area (Å²) in [6.45, 7) is 2.12. The molecule has 0 amide bonds. The molecule has 20 heavy (non-hydrogen) atoms. The molecular formula is C17H18N2O. The number of H-pyrrole nitrogens is 1. The highest BCUT2D eigenvalue weighted by Gasteiger charge is 2.14. The van der Waals surface area contributed by atoms with Gasteiger partial charge in [0.2, 0.25) is 5.56 Å². The van der Waals surface area contributed by atoms with Crippen LogP contribution in [0.1, 0.15) is 42.5 Å². The molecule has 2 aromatic rings. The number of hydrogen-bond donors (Lipinski definition) is 1. The Labute approximate surface area is 118 Å². The van der Waals surface area contributed by atoms with Gasteiger partial charge in [0.05, 0.1) is 12.0 Å². The van der Waals surface area contributed by atoms with Crippen LogP contribution in [0.3, 0.4) is 0 Å². The number of rotatable bonds is 5. The van der Waals surface area contributed by atoms with Crippen molar-refractivity contribution in [2.45, 2.75) is 32.1 Å². The molecule has 3 nitrogen and oxygen atoms in total. The van der Waals surface area contributed by atoms with Gasteiger partial charge in [-0.1, -0.05) is 43.7 Å². The lowest BCUT2D eigenvalue weighted by molar-refractivity contribution is 0.771. The van der Waals surface area contributed by atoms with Gasteiger partial charge in [-0.05, 0) is 30.0 Å². The van der Waals surface area contributed by atoms with E-state index in [9.17, 15) is 10.1 Å². The lowest BCUT2D eigenvalue weighted by Gasteiger charge is -2.11. The summed E-state index contributed by atoms with van der Waals surface area (Å²) in [5.41, 5.74) is 2.46. The van der Waals surface area contributed by atoms with E-state index in [-0.39, 0.29) is 11.5 Å². The zero-order chi connectivity index (χ0) is 14.4. The van der Waals surface area contributed by atoms with Gasteiger partial charge in [0.15, 0.2) is 0 Å². The number of benzene rings is 1. The molecule has 3 heteroatoms. The van der Waals surface area contributed by atoms with Crippen LogP contribution < -0.4 is 5.56 Å². The third-order valence-corrected chi connectivity index (χ3v) is 3.32. The maximum absolute atomic E-state index is 11.8. The van der Waals surface area contributed by atoms with Crippen molar-refractivity contribution in [3.63, 3.8) is 0 Å². The van der Waals surface area contributed by atoms with Crippen LogP contribution in [0.5, 0.6) is 0 Å². The van der Waals surface area contributed by atoms with Crippen molar-refractivity contribution in [2.75, 3.05) is 0 Å². The van der Waals surface area contributed by atoms with Gasteiger partial charge in [0.25, 0.3) is 0 Å². The van der Waals surface area contributed by atoms with E-state index in [0.29, 0.717) is 0 Å². The van der Waals surface area contributed by atoms with Gasteiger partial charge >= 0.3 is 0 Å². The number of pyridine rings is 1. The largest absolute Gasteiger partial charge is 0.326 e. The monoisotopic (exact) mass is 266 g/mol. The Balaban J connectivity index is 2.38. The van der Waals surface area contributed by atoms with Crippen molar-refractivity contribution in [1.82, 2.24) is 4.98 Å². The molecule has 0 saturated heterocycles. The van der Waals surface area contributed by atoms with E-state index >= 15 is 0 Å². The fourth-order valence-corrected chi connectivity index (χ4v) is 2.28. The fourth-order valence-electron chi connectivity index (χ4n) is 2.28. The maximum atomic E-state index is 11.8. The third kappa shape index (κ3) is 3.36. The first-order valence-corrected chi connectivity index (χ1v) is 6.92. The van der Waals surface area contributed by atoms with E-state index in [1.54, 1.807) is 0 Å². The molecular weight excluding hydrogens is 248 g/mol. The van der Waals surface area contributed by atoms with Gasteiger partial charge < -0.3 is 4.98 Å². The molecule has 0 fully saturated rings. The van der Waals surface area contributed by atoms with Crippen molar-refractivity contribution >= 4 is 0 Å². The molecule has 0 aliphatic carbocycles. The Hall–Kier alpha value is -2.34. The molecule has 2 rings (SSSR count). The minimum atomic E-state index is -0.390. The molecule has 0 saturated carbocycles. The lowest BCUT2D eigenvalue weighted by atomic mass is 9.92. The SMILES string of the molecule is CCCCc1cc(C(C#N)c2ccccc2)cc(=O)[nH]1. The third-order valence-electron chi connectivity index (χ3n) is 3.32. The van der Waals surface area contributed by atoms with Gasteiger partial charge in [-0.25, -0.2) is 0 Å². The summed E-state index contributed by atoms with van der Waals surface area (Å²) in [6, 6.07) is 15.3. The number of nitriles is 1. The molecule has 0 aliphatic rings. The average Bonchev–Trinajstić information content (AvgIpc) is 2.46. The molecule has 1 N–H and O–H groups in total. The topological polar surface area (TPSA) is 56.6 Å². The first-order valence-electron chi connectivity index (χ1n) is 6.92. The normalized spacial score (nSPS) is 11.8. The zero-order valence-corrected chi connectivity index (χ0v) is 11.6. The molecule has 0 bridgehead atoms. The average molecular weight is 266 g/mol. The van der Waals surface area contributed by atoms with E-state index in [2.05, 4.69) is 18.0 Å². The number of nitrogens with zero attached hydrogens (tertiary/aromatic N) is 1. The van der Waals surface area contributed by atoms with Gasteiger partial charge in [-0.2, -0.15) is 5.26 Å². The summed E-state index contributed by atoms with van der Waals surface area (Å²) < 4.78 is 0. The number of aromatic amines is 1. The molecule has 1 atom stereocenters. The first-order chi connectivity index (χ1) is 9.74. The fraction of sp³-hybridized carbons (Fsp3) is 0.294. The van der Waals surface area contributed by atoms with Crippen LogP contribution >= 0.6 is 0 Å². The van der Waals surface area contributed by atoms with Gasteiger partial charge in [-0.15, -0.1) is 0 Å². The minimum Gasteiger partial charge on any atom is -0.326 e. The lowest BCUT2D eigenvalue weighted by Crippen LogP contribution is -2.12. The number of hydrogen-bond acceptors (Lipinski definition) is 2. The first kappa shape index (κ1) is 14.1. The smallest absolute Gasteiger partial charge is 0.248 e. The summed E-state index contributed by atoms with van der Waals surface area (Å²) in [7, 11) is 0. The van der Waals surface area contributed by atoms with E-state index in [0.717, 1.165) is 36.1 Å². The van der Waals surface area contributed by atoms with Crippen molar-refractivity contribution in [3.8, 4) is 6.07 Å².